The van der Waals surface area contributed by atoms with Gasteiger partial charge in [0.05, 0.1) is 5.69 Å². The summed E-state index contributed by atoms with van der Waals surface area (Å²) in [5.74, 6) is 1.50. The van der Waals surface area contributed by atoms with Crippen molar-refractivity contribution in [3.05, 3.63) is 47.9 Å². The molecule has 4 aromatic rings. The number of hydrogen-bond acceptors (Lipinski definition) is 6. The Hall–Kier alpha value is -2.74. The maximum absolute atomic E-state index is 4.63. The molecule has 5 rings (SSSR count). The van der Waals surface area contributed by atoms with E-state index in [1.165, 1.54) is 5.56 Å². The summed E-state index contributed by atoms with van der Waals surface area (Å²) in [6.07, 6.45) is 4.69. The smallest absolute Gasteiger partial charge is 0.253 e. The Morgan fingerprint density at radius 2 is 1.96 bits per heavy atom. The minimum Gasteiger partial charge on any atom is -0.305 e. The largest absolute Gasteiger partial charge is 0.305 e. The number of aryl methyl sites for hydroxylation is 1. The van der Waals surface area contributed by atoms with E-state index in [0.717, 1.165) is 46.5 Å². The van der Waals surface area contributed by atoms with Gasteiger partial charge in [-0.2, -0.15) is 14.6 Å². The molecule has 0 bridgehead atoms. The van der Waals surface area contributed by atoms with Crippen LogP contribution in [0.3, 0.4) is 0 Å². The van der Waals surface area contributed by atoms with Crippen molar-refractivity contribution < 1.29 is 0 Å². The number of fused-ring (bicyclic) bond motifs is 2. The molecule has 8 heteroatoms. The number of nitrogens with zero attached hydrogens (tertiary/aromatic N) is 7. The van der Waals surface area contributed by atoms with Crippen LogP contribution in [0.15, 0.2) is 46.8 Å². The highest BCUT2D eigenvalue weighted by atomic mass is 32.2. The monoisotopic (exact) mass is 349 g/mol. The summed E-state index contributed by atoms with van der Waals surface area (Å²) in [6, 6.07) is 10.1. The van der Waals surface area contributed by atoms with Crippen molar-refractivity contribution in [1.29, 1.82) is 0 Å². The van der Waals surface area contributed by atoms with E-state index < -0.39 is 0 Å². The van der Waals surface area contributed by atoms with Gasteiger partial charge in [-0.3, -0.25) is 0 Å². The fourth-order valence-electron chi connectivity index (χ4n) is 3.22. The lowest BCUT2D eigenvalue weighted by atomic mass is 10.2. The first-order valence-electron chi connectivity index (χ1n) is 8.15. The van der Waals surface area contributed by atoms with Gasteiger partial charge in [0.2, 0.25) is 0 Å². The molecule has 0 saturated carbocycles. The summed E-state index contributed by atoms with van der Waals surface area (Å²) in [5, 5.41) is 15.0. The standard InChI is InChI=1S/C17H15N7S/c1-23-14(11-6-3-2-4-7-11)21-22-17(23)25-15-12-8-5-9-13(12)20-16-18-10-19-24(15)16/h2-4,6-7,10H,5,8-9H2,1H3. The van der Waals surface area contributed by atoms with E-state index in [2.05, 4.69) is 25.3 Å². The van der Waals surface area contributed by atoms with Crippen molar-refractivity contribution in [1.82, 2.24) is 34.3 Å². The number of benzene rings is 1. The van der Waals surface area contributed by atoms with E-state index >= 15 is 0 Å². The van der Waals surface area contributed by atoms with Gasteiger partial charge in [0.15, 0.2) is 11.0 Å². The number of hydrogen-bond donors (Lipinski definition) is 0. The minimum absolute atomic E-state index is 0.647. The molecule has 0 amide bonds. The fourth-order valence-corrected chi connectivity index (χ4v) is 4.25. The third-order valence-electron chi connectivity index (χ3n) is 4.46. The molecule has 0 fully saturated rings. The van der Waals surface area contributed by atoms with Crippen LogP contribution in [0.1, 0.15) is 17.7 Å². The first kappa shape index (κ1) is 14.6. The number of rotatable bonds is 3. The topological polar surface area (TPSA) is 73.8 Å². The Balaban J connectivity index is 1.60. The molecule has 7 nitrogen and oxygen atoms in total. The maximum atomic E-state index is 4.63. The van der Waals surface area contributed by atoms with E-state index in [1.807, 2.05) is 46.5 Å². The molecule has 0 spiro atoms. The van der Waals surface area contributed by atoms with Crippen LogP contribution in [0.25, 0.3) is 17.2 Å². The van der Waals surface area contributed by atoms with Crippen LogP contribution in [-0.2, 0) is 19.9 Å². The lowest BCUT2D eigenvalue weighted by molar-refractivity contribution is 0.774. The molecule has 0 N–H and O–H groups in total. The average molecular weight is 349 g/mol. The molecule has 1 aliphatic rings. The third kappa shape index (κ3) is 2.32. The minimum atomic E-state index is 0.647. The first-order chi connectivity index (χ1) is 12.3. The maximum Gasteiger partial charge on any atom is 0.253 e. The van der Waals surface area contributed by atoms with Gasteiger partial charge >= 0.3 is 0 Å². The van der Waals surface area contributed by atoms with E-state index in [0.29, 0.717) is 5.78 Å². The molecule has 0 saturated heterocycles. The Labute approximate surface area is 148 Å². The predicted octanol–water partition coefficient (Wildman–Crippen LogP) is 2.56. The van der Waals surface area contributed by atoms with Crippen molar-refractivity contribution in [3.8, 4) is 11.4 Å². The van der Waals surface area contributed by atoms with Gasteiger partial charge in [0.25, 0.3) is 5.78 Å². The highest BCUT2D eigenvalue weighted by Gasteiger charge is 2.23. The summed E-state index contributed by atoms with van der Waals surface area (Å²) in [6.45, 7) is 0. The zero-order chi connectivity index (χ0) is 16.8. The zero-order valence-corrected chi connectivity index (χ0v) is 14.4. The van der Waals surface area contributed by atoms with Crippen molar-refractivity contribution in [3.63, 3.8) is 0 Å². The van der Waals surface area contributed by atoms with Crippen LogP contribution in [-0.4, -0.2) is 34.3 Å². The van der Waals surface area contributed by atoms with Crippen LogP contribution in [0.5, 0.6) is 0 Å². The van der Waals surface area contributed by atoms with Crippen LogP contribution in [0.2, 0.25) is 0 Å². The number of aromatic nitrogens is 7. The van der Waals surface area contributed by atoms with Crippen LogP contribution < -0.4 is 0 Å². The zero-order valence-electron chi connectivity index (χ0n) is 13.6. The highest BCUT2D eigenvalue weighted by Crippen LogP contribution is 2.35. The predicted molar refractivity (Wildman–Crippen MR) is 93.4 cm³/mol. The fraction of sp³-hybridized carbons (Fsp3) is 0.235. The molecule has 25 heavy (non-hydrogen) atoms. The Morgan fingerprint density at radius 1 is 1.08 bits per heavy atom. The molecule has 124 valence electrons. The molecule has 3 heterocycles. The second-order valence-electron chi connectivity index (χ2n) is 6.00. The van der Waals surface area contributed by atoms with Crippen molar-refractivity contribution in [2.45, 2.75) is 29.4 Å². The lowest BCUT2D eigenvalue weighted by Crippen LogP contribution is -2.04. The van der Waals surface area contributed by atoms with E-state index in [1.54, 1.807) is 18.1 Å². The Bertz CT molecular complexity index is 1070. The van der Waals surface area contributed by atoms with Crippen molar-refractivity contribution in [2.75, 3.05) is 0 Å². The van der Waals surface area contributed by atoms with Crippen molar-refractivity contribution >= 4 is 17.5 Å². The Kier molecular flexibility index (Phi) is 3.30. The summed E-state index contributed by atoms with van der Waals surface area (Å²) < 4.78 is 3.83. The quantitative estimate of drug-likeness (QED) is 0.529. The average Bonchev–Trinajstić information content (AvgIpc) is 3.36. The second kappa shape index (κ2) is 5.66. The van der Waals surface area contributed by atoms with Gasteiger partial charge in [-0.05, 0) is 31.0 Å². The molecular formula is C17H15N7S. The molecule has 1 aliphatic carbocycles. The first-order valence-corrected chi connectivity index (χ1v) is 8.97. The van der Waals surface area contributed by atoms with Crippen LogP contribution >= 0.6 is 11.8 Å². The van der Waals surface area contributed by atoms with Gasteiger partial charge in [-0.15, -0.1) is 10.2 Å². The summed E-state index contributed by atoms with van der Waals surface area (Å²) in [7, 11) is 1.99. The third-order valence-corrected chi connectivity index (χ3v) is 5.61. The highest BCUT2D eigenvalue weighted by molar-refractivity contribution is 7.99. The summed E-state index contributed by atoms with van der Waals surface area (Å²) in [4.78, 5) is 8.88. The van der Waals surface area contributed by atoms with Gasteiger partial charge in [-0.25, -0.2) is 4.98 Å². The lowest BCUT2D eigenvalue weighted by Gasteiger charge is -2.09. The molecule has 0 radical (unpaired) electrons. The van der Waals surface area contributed by atoms with E-state index in [4.69, 9.17) is 0 Å². The van der Waals surface area contributed by atoms with Gasteiger partial charge in [0.1, 0.15) is 11.4 Å². The molecule has 0 unspecified atom stereocenters. The van der Waals surface area contributed by atoms with Crippen molar-refractivity contribution in [2.24, 2.45) is 7.05 Å². The molecule has 0 aliphatic heterocycles. The normalized spacial score (nSPS) is 13.5. The van der Waals surface area contributed by atoms with Crippen LogP contribution in [0.4, 0.5) is 0 Å². The second-order valence-corrected chi connectivity index (χ2v) is 6.96. The molecular weight excluding hydrogens is 334 g/mol. The van der Waals surface area contributed by atoms with E-state index in [-0.39, 0.29) is 0 Å². The molecule has 1 aromatic carbocycles. The van der Waals surface area contributed by atoms with Gasteiger partial charge in [-0.1, -0.05) is 30.3 Å². The van der Waals surface area contributed by atoms with Crippen LogP contribution in [0, 0.1) is 0 Å². The summed E-state index contributed by atoms with van der Waals surface area (Å²) in [5.41, 5.74) is 3.44. The molecule has 3 aromatic heterocycles. The summed E-state index contributed by atoms with van der Waals surface area (Å²) >= 11 is 1.58. The van der Waals surface area contributed by atoms with Gasteiger partial charge in [0, 0.05) is 18.2 Å². The van der Waals surface area contributed by atoms with Gasteiger partial charge < -0.3 is 4.57 Å². The molecule has 0 atom stereocenters. The Morgan fingerprint density at radius 3 is 2.84 bits per heavy atom. The van der Waals surface area contributed by atoms with E-state index in [9.17, 15) is 0 Å². The SMILES string of the molecule is Cn1c(Sc2c3c(nc4ncnn24)CCC3)nnc1-c1ccccc1.